The molecule has 0 spiro atoms. The van der Waals surface area contributed by atoms with Crippen molar-refractivity contribution < 1.29 is 18.4 Å². The molecule has 0 aliphatic heterocycles. The van der Waals surface area contributed by atoms with Crippen LogP contribution < -0.4 is 21.7 Å². The molecule has 2 aromatic heterocycles. The van der Waals surface area contributed by atoms with Crippen molar-refractivity contribution in [3.63, 3.8) is 0 Å². The van der Waals surface area contributed by atoms with Gasteiger partial charge in [0.05, 0.1) is 30.7 Å². The number of carbonyl (C=O) groups is 2. The molecule has 10 heteroatoms. The molecule has 0 bridgehead atoms. The first kappa shape index (κ1) is 21.0. The molecule has 158 valence electrons. The fourth-order valence-corrected chi connectivity index (χ4v) is 3.00. The van der Waals surface area contributed by atoms with E-state index in [1.54, 1.807) is 6.07 Å². The number of furan rings is 1. The fraction of sp³-hybridized carbons (Fsp3) is 0.300. The van der Waals surface area contributed by atoms with Gasteiger partial charge in [0.2, 0.25) is 11.9 Å². The lowest BCUT2D eigenvalue weighted by Gasteiger charge is -2.21. The van der Waals surface area contributed by atoms with Crippen molar-refractivity contribution >= 4 is 34.5 Å². The first-order chi connectivity index (χ1) is 14.2. The van der Waals surface area contributed by atoms with Crippen molar-refractivity contribution in [3.8, 4) is 0 Å². The number of nitrogens with one attached hydrogen (secondary N) is 3. The minimum absolute atomic E-state index is 0.0106. The average molecular weight is 414 g/mol. The minimum atomic E-state index is -0.538. The van der Waals surface area contributed by atoms with E-state index in [0.29, 0.717) is 22.4 Å². The molecule has 0 fully saturated rings. The molecule has 0 radical (unpaired) electrons. The standard InChI is InChI=1S/C20H23FN6O3/c1-10(2)17(18-11(3)14-6-12(21)4-5-15(14)30-18)27-20(29)26-13-7-23-19(24-8-13)25-9-16(22)28/h4-8,10,17H,9H2,1-3H3,(H2,22,28)(H,23,24,25)(H2,26,27,29)/t17-/m0/s1. The third-order valence-electron chi connectivity index (χ3n) is 4.50. The Bertz CT molecular complexity index is 1060. The number of primary amides is 1. The van der Waals surface area contributed by atoms with Crippen LogP contribution in [0.25, 0.3) is 11.0 Å². The van der Waals surface area contributed by atoms with Crippen LogP contribution >= 0.6 is 0 Å². The monoisotopic (exact) mass is 414 g/mol. The molecule has 9 nitrogen and oxygen atoms in total. The number of nitrogens with two attached hydrogens (primary N) is 1. The number of benzene rings is 1. The number of anilines is 2. The van der Waals surface area contributed by atoms with Crippen molar-refractivity contribution in [2.24, 2.45) is 11.7 Å². The number of carbonyl (C=O) groups excluding carboxylic acids is 2. The van der Waals surface area contributed by atoms with Crippen molar-refractivity contribution in [2.75, 3.05) is 17.2 Å². The highest BCUT2D eigenvalue weighted by molar-refractivity contribution is 5.89. The van der Waals surface area contributed by atoms with Gasteiger partial charge in [0, 0.05) is 10.9 Å². The van der Waals surface area contributed by atoms with Crippen LogP contribution in [-0.2, 0) is 4.79 Å². The molecule has 1 aromatic carbocycles. The second-order valence-corrected chi connectivity index (χ2v) is 7.17. The normalized spacial score (nSPS) is 12.0. The SMILES string of the molecule is Cc1c([C@@H](NC(=O)Nc2cnc(NCC(N)=O)nc2)C(C)C)oc2ccc(F)cc12. The van der Waals surface area contributed by atoms with Gasteiger partial charge >= 0.3 is 6.03 Å². The van der Waals surface area contributed by atoms with Gasteiger partial charge < -0.3 is 26.1 Å². The summed E-state index contributed by atoms with van der Waals surface area (Å²) in [5.41, 5.74) is 6.75. The molecular formula is C20H23FN6O3. The molecule has 3 aromatic rings. The highest BCUT2D eigenvalue weighted by Crippen LogP contribution is 2.33. The Morgan fingerprint density at radius 1 is 1.23 bits per heavy atom. The number of nitrogens with zero attached hydrogens (tertiary/aromatic N) is 2. The van der Waals surface area contributed by atoms with E-state index >= 15 is 0 Å². The molecule has 1 atom stereocenters. The smallest absolute Gasteiger partial charge is 0.319 e. The van der Waals surface area contributed by atoms with Crippen LogP contribution in [0.2, 0.25) is 0 Å². The summed E-state index contributed by atoms with van der Waals surface area (Å²) in [4.78, 5) is 31.3. The Morgan fingerprint density at radius 2 is 1.93 bits per heavy atom. The number of amides is 3. The first-order valence-electron chi connectivity index (χ1n) is 9.35. The minimum Gasteiger partial charge on any atom is -0.459 e. The van der Waals surface area contributed by atoms with Crippen molar-refractivity contribution in [1.29, 1.82) is 0 Å². The van der Waals surface area contributed by atoms with Crippen LogP contribution in [0.15, 0.2) is 35.0 Å². The van der Waals surface area contributed by atoms with E-state index in [9.17, 15) is 14.0 Å². The summed E-state index contributed by atoms with van der Waals surface area (Å²) in [5.74, 6) is -0.0912. The van der Waals surface area contributed by atoms with E-state index in [4.69, 9.17) is 10.2 Å². The lowest BCUT2D eigenvalue weighted by Crippen LogP contribution is -2.35. The number of halogens is 1. The summed E-state index contributed by atoms with van der Waals surface area (Å²) in [7, 11) is 0. The van der Waals surface area contributed by atoms with Crippen LogP contribution in [-0.4, -0.2) is 28.5 Å². The highest BCUT2D eigenvalue weighted by Gasteiger charge is 2.25. The lowest BCUT2D eigenvalue weighted by molar-refractivity contribution is -0.116. The Labute approximate surface area is 172 Å². The molecule has 30 heavy (non-hydrogen) atoms. The van der Waals surface area contributed by atoms with Crippen molar-refractivity contribution in [2.45, 2.75) is 26.8 Å². The zero-order chi connectivity index (χ0) is 21.8. The lowest BCUT2D eigenvalue weighted by atomic mass is 9.98. The molecule has 3 amide bonds. The summed E-state index contributed by atoms with van der Waals surface area (Å²) >= 11 is 0. The zero-order valence-electron chi connectivity index (χ0n) is 16.8. The highest BCUT2D eigenvalue weighted by atomic mass is 19.1. The van der Waals surface area contributed by atoms with Gasteiger partial charge in [-0.15, -0.1) is 0 Å². The van der Waals surface area contributed by atoms with Gasteiger partial charge in [-0.05, 0) is 31.0 Å². The van der Waals surface area contributed by atoms with Gasteiger partial charge in [0.25, 0.3) is 0 Å². The number of rotatable bonds is 7. The molecule has 5 N–H and O–H groups in total. The van der Waals surface area contributed by atoms with Gasteiger partial charge in [0.15, 0.2) is 0 Å². The molecule has 0 saturated carbocycles. The second kappa shape index (κ2) is 8.76. The molecule has 2 heterocycles. The molecule has 0 unspecified atom stereocenters. The third kappa shape index (κ3) is 4.83. The second-order valence-electron chi connectivity index (χ2n) is 7.17. The van der Waals surface area contributed by atoms with Crippen molar-refractivity contribution in [3.05, 3.63) is 47.7 Å². The number of fused-ring (bicyclic) bond motifs is 1. The van der Waals surface area contributed by atoms with Crippen LogP contribution in [0.5, 0.6) is 0 Å². The van der Waals surface area contributed by atoms with Gasteiger partial charge in [-0.2, -0.15) is 0 Å². The van der Waals surface area contributed by atoms with E-state index in [1.165, 1.54) is 24.5 Å². The summed E-state index contributed by atoms with van der Waals surface area (Å²) in [6.45, 7) is 5.63. The Hall–Kier alpha value is -3.69. The number of aromatic nitrogens is 2. The summed E-state index contributed by atoms with van der Waals surface area (Å²) in [6, 6.07) is 3.42. The quantitative estimate of drug-likeness (QED) is 0.469. The summed E-state index contributed by atoms with van der Waals surface area (Å²) < 4.78 is 19.5. The van der Waals surface area contributed by atoms with Crippen molar-refractivity contribution in [1.82, 2.24) is 15.3 Å². The first-order valence-corrected chi connectivity index (χ1v) is 9.35. The van der Waals surface area contributed by atoms with E-state index in [0.717, 1.165) is 5.56 Å². The maximum Gasteiger partial charge on any atom is 0.319 e. The molecule has 0 aliphatic carbocycles. The fourth-order valence-electron chi connectivity index (χ4n) is 3.00. The van der Waals surface area contributed by atoms with E-state index < -0.39 is 18.0 Å². The summed E-state index contributed by atoms with van der Waals surface area (Å²) in [6.07, 6.45) is 2.80. The molecule has 0 aliphatic rings. The third-order valence-corrected chi connectivity index (χ3v) is 4.50. The molecule has 0 saturated heterocycles. The van der Waals surface area contributed by atoms with E-state index in [1.807, 2.05) is 20.8 Å². The zero-order valence-corrected chi connectivity index (χ0v) is 16.8. The van der Waals surface area contributed by atoms with Gasteiger partial charge in [-0.25, -0.2) is 19.2 Å². The number of hydrogen-bond donors (Lipinski definition) is 4. The van der Waals surface area contributed by atoms with E-state index in [-0.39, 0.29) is 24.2 Å². The largest absolute Gasteiger partial charge is 0.459 e. The Kier molecular flexibility index (Phi) is 6.14. The Morgan fingerprint density at radius 3 is 2.57 bits per heavy atom. The van der Waals surface area contributed by atoms with Crippen LogP contribution in [0.4, 0.5) is 20.8 Å². The number of hydrogen-bond acceptors (Lipinski definition) is 6. The average Bonchev–Trinajstić information content (AvgIpc) is 3.01. The Balaban J connectivity index is 1.72. The number of aryl methyl sites for hydroxylation is 1. The maximum absolute atomic E-state index is 13.6. The van der Waals surface area contributed by atoms with Gasteiger partial charge in [0.1, 0.15) is 17.2 Å². The van der Waals surface area contributed by atoms with Crippen LogP contribution in [0.1, 0.15) is 31.2 Å². The molecular weight excluding hydrogens is 391 g/mol. The van der Waals surface area contributed by atoms with Gasteiger partial charge in [-0.1, -0.05) is 13.8 Å². The predicted molar refractivity (Wildman–Crippen MR) is 110 cm³/mol. The topological polar surface area (TPSA) is 135 Å². The molecule has 3 rings (SSSR count). The predicted octanol–water partition coefficient (Wildman–Crippen LogP) is 3.09. The van der Waals surface area contributed by atoms with Crippen LogP contribution in [0.3, 0.4) is 0 Å². The van der Waals surface area contributed by atoms with E-state index in [2.05, 4.69) is 25.9 Å². The number of urea groups is 1. The van der Waals surface area contributed by atoms with Gasteiger partial charge in [-0.3, -0.25) is 4.79 Å². The maximum atomic E-state index is 13.6. The summed E-state index contributed by atoms with van der Waals surface area (Å²) in [5, 5.41) is 8.86. The van der Waals surface area contributed by atoms with Crippen LogP contribution in [0, 0.1) is 18.7 Å².